The Balaban J connectivity index is 1.17. The van der Waals surface area contributed by atoms with Crippen molar-refractivity contribution in [2.45, 2.75) is 32.7 Å². The molecule has 0 radical (unpaired) electrons. The van der Waals surface area contributed by atoms with Crippen LogP contribution in [0.2, 0.25) is 0 Å². The number of aryl methyl sites for hydroxylation is 3. The van der Waals surface area contributed by atoms with E-state index in [-0.39, 0.29) is 17.4 Å². The molecule has 0 aliphatic carbocycles. The molecule has 3 amide bonds. The van der Waals surface area contributed by atoms with Gasteiger partial charge in [-0.05, 0) is 66.9 Å². The van der Waals surface area contributed by atoms with Crippen molar-refractivity contribution in [3.8, 4) is 11.4 Å². The first-order chi connectivity index (χ1) is 21.1. The molecule has 1 N–H and O–H groups in total. The summed E-state index contributed by atoms with van der Waals surface area (Å²) < 4.78 is 47.8. The number of aliphatic imine (C=N–C) groups is 1. The van der Waals surface area contributed by atoms with Crippen molar-refractivity contribution in [3.05, 3.63) is 95.6 Å². The van der Waals surface area contributed by atoms with Gasteiger partial charge in [-0.2, -0.15) is 10.1 Å². The number of rotatable bonds is 9. The lowest BCUT2D eigenvalue weighted by Gasteiger charge is -2.20. The molecule has 1 aromatic heterocycles. The van der Waals surface area contributed by atoms with Gasteiger partial charge < -0.3 is 14.8 Å². The second kappa shape index (κ2) is 13.3. The number of nitrogens with zero attached hydrogens (tertiary/aromatic N) is 5. The zero-order valence-electron chi connectivity index (χ0n) is 23.7. The maximum Gasteiger partial charge on any atom is 0.573 e. The molecule has 2 heterocycles. The van der Waals surface area contributed by atoms with Crippen LogP contribution in [0.4, 0.5) is 29.3 Å². The number of amides is 3. The molecular weight excluding hydrogens is 597 g/mol. The second-order valence-electron chi connectivity index (χ2n) is 9.75. The predicted octanol–water partition coefficient (Wildman–Crippen LogP) is 6.07. The third-order valence-electron chi connectivity index (χ3n) is 6.46. The lowest BCUT2D eigenvalue weighted by molar-refractivity contribution is -0.274. The highest BCUT2D eigenvalue weighted by atomic mass is 32.2. The number of methoxy groups -OCH3 is 1. The average molecular weight is 625 g/mol. The standard InChI is InChI=1S/C30H27F3N6O4S/c1-19-3-7-21(16-42-2)25(15-19)39-27(40)17-44-29(39)36-28(41)35-22-8-4-20(5-9-22)6-14-26-34-18-38(37-26)23-10-12-24(13-11-23)43-30(31,32)33/h3-5,7-13,15,18H,6,14,16-17H2,1-2H3,(H,35,41). The fraction of sp³-hybridized carbons (Fsp3) is 0.233. The first-order valence-electron chi connectivity index (χ1n) is 13.4. The van der Waals surface area contributed by atoms with E-state index in [1.807, 2.05) is 37.3 Å². The Morgan fingerprint density at radius 3 is 2.52 bits per heavy atom. The van der Waals surface area contributed by atoms with Crippen LogP contribution in [0.15, 0.2) is 78.0 Å². The maximum atomic E-state index is 12.8. The Hall–Kier alpha value is -4.69. The summed E-state index contributed by atoms with van der Waals surface area (Å²) in [6.07, 6.45) is -2.13. The first-order valence-corrected chi connectivity index (χ1v) is 14.4. The number of benzene rings is 3. The molecular formula is C30H27F3N6O4S. The van der Waals surface area contributed by atoms with Crippen molar-refractivity contribution in [1.82, 2.24) is 14.8 Å². The summed E-state index contributed by atoms with van der Waals surface area (Å²) in [7, 11) is 1.58. The zero-order chi connectivity index (χ0) is 31.3. The van der Waals surface area contributed by atoms with E-state index in [9.17, 15) is 22.8 Å². The van der Waals surface area contributed by atoms with Crippen molar-refractivity contribution < 1.29 is 32.2 Å². The molecule has 44 heavy (non-hydrogen) atoms. The molecule has 4 aromatic rings. The summed E-state index contributed by atoms with van der Waals surface area (Å²) in [5.74, 6) is 0.255. The van der Waals surface area contributed by atoms with Gasteiger partial charge in [0, 0.05) is 24.8 Å². The average Bonchev–Trinajstić information content (AvgIpc) is 3.60. The van der Waals surface area contributed by atoms with Gasteiger partial charge in [-0.25, -0.2) is 14.5 Å². The number of thioether (sulfide) groups is 1. The van der Waals surface area contributed by atoms with Crippen molar-refractivity contribution in [2.75, 3.05) is 23.1 Å². The Morgan fingerprint density at radius 2 is 1.82 bits per heavy atom. The number of hydrogen-bond donors (Lipinski definition) is 1. The van der Waals surface area contributed by atoms with Crippen LogP contribution in [0.25, 0.3) is 5.69 Å². The van der Waals surface area contributed by atoms with Crippen molar-refractivity contribution in [3.63, 3.8) is 0 Å². The lowest BCUT2D eigenvalue weighted by Crippen LogP contribution is -2.31. The Labute approximate surface area is 254 Å². The first kappa shape index (κ1) is 30.8. The number of aromatic nitrogens is 3. The molecule has 0 saturated carbocycles. The minimum atomic E-state index is -4.75. The van der Waals surface area contributed by atoms with E-state index in [1.54, 1.807) is 19.2 Å². The van der Waals surface area contributed by atoms with Crippen LogP contribution in [-0.4, -0.2) is 51.1 Å². The highest BCUT2D eigenvalue weighted by Crippen LogP contribution is 2.31. The Bertz CT molecular complexity index is 1670. The van der Waals surface area contributed by atoms with Crippen LogP contribution in [0.3, 0.4) is 0 Å². The number of hydrogen-bond acceptors (Lipinski definition) is 7. The molecule has 228 valence electrons. The minimum absolute atomic E-state index is 0.165. The Morgan fingerprint density at radius 1 is 1.07 bits per heavy atom. The van der Waals surface area contributed by atoms with Gasteiger partial charge in [-0.3, -0.25) is 9.69 Å². The third kappa shape index (κ3) is 7.82. The molecule has 0 unspecified atom stereocenters. The summed E-state index contributed by atoms with van der Waals surface area (Å²) in [5, 5.41) is 7.43. The van der Waals surface area contributed by atoms with E-state index in [2.05, 4.69) is 25.1 Å². The van der Waals surface area contributed by atoms with E-state index in [0.717, 1.165) is 16.7 Å². The van der Waals surface area contributed by atoms with E-state index in [4.69, 9.17) is 4.74 Å². The van der Waals surface area contributed by atoms with Crippen LogP contribution in [0, 0.1) is 6.92 Å². The summed E-state index contributed by atoms with van der Waals surface area (Å²) in [6, 6.07) is 17.7. The number of nitrogens with one attached hydrogen (secondary N) is 1. The molecule has 0 spiro atoms. The number of carbonyl (C=O) groups excluding carboxylic acids is 2. The summed E-state index contributed by atoms with van der Waals surface area (Å²) in [5.41, 5.74) is 4.48. The van der Waals surface area contributed by atoms with Crippen LogP contribution < -0.4 is 15.0 Å². The smallest absolute Gasteiger partial charge is 0.406 e. The molecule has 1 saturated heterocycles. The van der Waals surface area contributed by atoms with E-state index < -0.39 is 12.4 Å². The molecule has 3 aromatic carbocycles. The SMILES string of the molecule is COCc1ccc(C)cc1N1C(=O)CSC1=NC(=O)Nc1ccc(CCc2ncn(-c3ccc(OC(F)(F)F)cc3)n2)cc1. The molecule has 0 bridgehead atoms. The van der Waals surface area contributed by atoms with E-state index in [0.29, 0.717) is 47.5 Å². The third-order valence-corrected chi connectivity index (χ3v) is 7.38. The maximum absolute atomic E-state index is 12.8. The summed E-state index contributed by atoms with van der Waals surface area (Å²) >= 11 is 1.20. The summed E-state index contributed by atoms with van der Waals surface area (Å²) in [6.45, 7) is 2.23. The van der Waals surface area contributed by atoms with Gasteiger partial charge >= 0.3 is 12.4 Å². The Kier molecular flexibility index (Phi) is 9.30. The highest BCUT2D eigenvalue weighted by molar-refractivity contribution is 8.15. The van der Waals surface area contributed by atoms with Gasteiger partial charge in [0.2, 0.25) is 5.91 Å². The lowest BCUT2D eigenvalue weighted by atomic mass is 10.1. The van der Waals surface area contributed by atoms with Crippen molar-refractivity contribution in [1.29, 1.82) is 0 Å². The minimum Gasteiger partial charge on any atom is -0.406 e. The molecule has 1 fully saturated rings. The fourth-order valence-corrected chi connectivity index (χ4v) is 5.29. The topological polar surface area (TPSA) is 111 Å². The molecule has 1 aliphatic rings. The number of carbonyl (C=O) groups is 2. The number of anilines is 2. The van der Waals surface area contributed by atoms with Crippen molar-refractivity contribution >= 4 is 40.2 Å². The zero-order valence-corrected chi connectivity index (χ0v) is 24.5. The van der Waals surface area contributed by atoms with Crippen LogP contribution in [0.5, 0.6) is 5.75 Å². The van der Waals surface area contributed by atoms with E-state index >= 15 is 0 Å². The van der Waals surface area contributed by atoms with Gasteiger partial charge in [0.1, 0.15) is 12.1 Å². The molecule has 0 atom stereocenters. The summed E-state index contributed by atoms with van der Waals surface area (Å²) in [4.78, 5) is 35.4. The molecule has 5 rings (SSSR count). The number of urea groups is 1. The second-order valence-corrected chi connectivity index (χ2v) is 10.7. The van der Waals surface area contributed by atoms with Crippen LogP contribution in [0.1, 0.15) is 22.5 Å². The largest absolute Gasteiger partial charge is 0.573 e. The van der Waals surface area contributed by atoms with Gasteiger partial charge in [-0.1, -0.05) is 36.0 Å². The monoisotopic (exact) mass is 624 g/mol. The molecule has 1 aliphatic heterocycles. The van der Waals surface area contributed by atoms with Crippen LogP contribution >= 0.6 is 11.8 Å². The molecule has 10 nitrogen and oxygen atoms in total. The number of ether oxygens (including phenoxy) is 2. The number of alkyl halides is 3. The van der Waals surface area contributed by atoms with E-state index in [1.165, 1.54) is 51.9 Å². The molecule has 14 heteroatoms. The normalized spacial score (nSPS) is 14.3. The van der Waals surface area contributed by atoms with Gasteiger partial charge in [0.15, 0.2) is 11.0 Å². The quantitative estimate of drug-likeness (QED) is 0.241. The number of amidine groups is 1. The van der Waals surface area contributed by atoms with Crippen molar-refractivity contribution in [2.24, 2.45) is 4.99 Å². The van der Waals surface area contributed by atoms with Crippen LogP contribution in [-0.2, 0) is 29.0 Å². The number of halogens is 3. The van der Waals surface area contributed by atoms with Gasteiger partial charge in [0.05, 0.1) is 23.7 Å². The van der Waals surface area contributed by atoms with Gasteiger partial charge in [0.25, 0.3) is 0 Å². The van der Waals surface area contributed by atoms with Gasteiger partial charge in [-0.15, -0.1) is 13.2 Å². The fourth-order valence-electron chi connectivity index (χ4n) is 4.43. The highest BCUT2D eigenvalue weighted by Gasteiger charge is 2.32. The predicted molar refractivity (Wildman–Crippen MR) is 160 cm³/mol.